The van der Waals surface area contributed by atoms with Crippen LogP contribution >= 0.6 is 0 Å². The molecule has 2 heterocycles. The summed E-state index contributed by atoms with van der Waals surface area (Å²) in [7, 11) is 3.81. The number of nitrogens with one attached hydrogen (secondary N) is 1. The smallest absolute Gasteiger partial charge is 0.146 e. The van der Waals surface area contributed by atoms with Gasteiger partial charge in [0.2, 0.25) is 0 Å². The third-order valence-electron chi connectivity index (χ3n) is 4.12. The Hall–Kier alpha value is -1.55. The SMILES string of the molecule is COc1cccc2c1nc(CC1CCNCC1)n2C. The first kappa shape index (κ1) is 12.5. The van der Waals surface area contributed by atoms with Crippen molar-refractivity contribution in [1.82, 2.24) is 14.9 Å². The van der Waals surface area contributed by atoms with E-state index in [1.54, 1.807) is 7.11 Å². The first-order valence-electron chi connectivity index (χ1n) is 6.98. The molecule has 1 aliphatic heterocycles. The van der Waals surface area contributed by atoms with E-state index in [0.717, 1.165) is 42.2 Å². The maximum Gasteiger partial charge on any atom is 0.146 e. The number of ether oxygens (including phenoxy) is 1. The van der Waals surface area contributed by atoms with Gasteiger partial charge in [-0.3, -0.25) is 0 Å². The Bertz CT molecular complexity index is 570. The van der Waals surface area contributed by atoms with Crippen molar-refractivity contribution in [3.8, 4) is 5.75 Å². The Kier molecular flexibility index (Phi) is 3.42. The Labute approximate surface area is 113 Å². The highest BCUT2D eigenvalue weighted by molar-refractivity contribution is 5.82. The molecule has 0 spiro atoms. The number of aryl methyl sites for hydroxylation is 1. The van der Waals surface area contributed by atoms with E-state index in [1.807, 2.05) is 12.1 Å². The molecule has 2 aromatic rings. The summed E-state index contributed by atoms with van der Waals surface area (Å²) in [6, 6.07) is 6.11. The fourth-order valence-electron chi connectivity index (χ4n) is 2.93. The van der Waals surface area contributed by atoms with E-state index >= 15 is 0 Å². The highest BCUT2D eigenvalue weighted by Crippen LogP contribution is 2.27. The van der Waals surface area contributed by atoms with E-state index in [0.29, 0.717) is 0 Å². The highest BCUT2D eigenvalue weighted by Gasteiger charge is 2.18. The topological polar surface area (TPSA) is 39.1 Å². The Balaban J connectivity index is 1.93. The standard InChI is InChI=1S/C15H21N3O/c1-18-12-4-3-5-13(19-2)15(12)17-14(18)10-11-6-8-16-9-7-11/h3-5,11,16H,6-10H2,1-2H3. The lowest BCUT2D eigenvalue weighted by molar-refractivity contribution is 0.365. The molecule has 0 amide bonds. The molecule has 3 rings (SSSR count). The van der Waals surface area contributed by atoms with Crippen molar-refractivity contribution in [1.29, 1.82) is 0 Å². The van der Waals surface area contributed by atoms with E-state index in [9.17, 15) is 0 Å². The summed E-state index contributed by atoms with van der Waals surface area (Å²) >= 11 is 0. The molecule has 4 nitrogen and oxygen atoms in total. The van der Waals surface area contributed by atoms with Gasteiger partial charge in [0.25, 0.3) is 0 Å². The van der Waals surface area contributed by atoms with Gasteiger partial charge in [-0.2, -0.15) is 0 Å². The molecule has 0 aliphatic carbocycles. The van der Waals surface area contributed by atoms with Crippen LogP contribution in [0.15, 0.2) is 18.2 Å². The van der Waals surface area contributed by atoms with Gasteiger partial charge in [-0.25, -0.2) is 4.98 Å². The monoisotopic (exact) mass is 259 g/mol. The average Bonchev–Trinajstić information content (AvgIpc) is 2.77. The quantitative estimate of drug-likeness (QED) is 0.917. The summed E-state index contributed by atoms with van der Waals surface area (Å²) in [5.74, 6) is 2.79. The summed E-state index contributed by atoms with van der Waals surface area (Å²) in [5.41, 5.74) is 2.14. The number of piperidine rings is 1. The zero-order valence-corrected chi connectivity index (χ0v) is 11.6. The molecule has 4 heteroatoms. The predicted molar refractivity (Wildman–Crippen MR) is 76.6 cm³/mol. The number of aromatic nitrogens is 2. The van der Waals surface area contributed by atoms with Crippen molar-refractivity contribution in [3.05, 3.63) is 24.0 Å². The number of benzene rings is 1. The lowest BCUT2D eigenvalue weighted by atomic mass is 9.94. The van der Waals surface area contributed by atoms with Gasteiger partial charge in [0.05, 0.1) is 12.6 Å². The fourth-order valence-corrected chi connectivity index (χ4v) is 2.93. The molecular formula is C15H21N3O. The zero-order chi connectivity index (χ0) is 13.2. The minimum absolute atomic E-state index is 0.753. The van der Waals surface area contributed by atoms with E-state index in [4.69, 9.17) is 9.72 Å². The van der Waals surface area contributed by atoms with Gasteiger partial charge in [0, 0.05) is 13.5 Å². The minimum Gasteiger partial charge on any atom is -0.494 e. The van der Waals surface area contributed by atoms with Gasteiger partial charge < -0.3 is 14.6 Å². The van der Waals surface area contributed by atoms with Crippen LogP contribution < -0.4 is 10.1 Å². The Morgan fingerprint density at radius 3 is 2.89 bits per heavy atom. The van der Waals surface area contributed by atoms with Crippen LogP contribution in [0.5, 0.6) is 5.75 Å². The predicted octanol–water partition coefficient (Wildman–Crippen LogP) is 2.12. The van der Waals surface area contributed by atoms with Crippen molar-refractivity contribution in [2.24, 2.45) is 13.0 Å². The van der Waals surface area contributed by atoms with Gasteiger partial charge >= 0.3 is 0 Å². The third kappa shape index (κ3) is 2.32. The summed E-state index contributed by atoms with van der Waals surface area (Å²) < 4.78 is 7.61. The lowest BCUT2D eigenvalue weighted by Gasteiger charge is -2.22. The Morgan fingerprint density at radius 2 is 2.16 bits per heavy atom. The van der Waals surface area contributed by atoms with Gasteiger partial charge in [-0.05, 0) is 44.0 Å². The number of nitrogens with zero attached hydrogens (tertiary/aromatic N) is 2. The second kappa shape index (κ2) is 5.21. The number of imidazole rings is 1. The second-order valence-corrected chi connectivity index (χ2v) is 5.31. The molecule has 0 unspecified atom stereocenters. The molecule has 102 valence electrons. The Morgan fingerprint density at radius 1 is 1.37 bits per heavy atom. The van der Waals surface area contributed by atoms with Crippen LogP contribution in [0.4, 0.5) is 0 Å². The van der Waals surface area contributed by atoms with Crippen molar-refractivity contribution >= 4 is 11.0 Å². The van der Waals surface area contributed by atoms with Crippen LogP contribution in [0.1, 0.15) is 18.7 Å². The van der Waals surface area contributed by atoms with Crippen molar-refractivity contribution < 1.29 is 4.74 Å². The first-order chi connectivity index (χ1) is 9.29. The fraction of sp³-hybridized carbons (Fsp3) is 0.533. The average molecular weight is 259 g/mol. The molecule has 0 atom stereocenters. The first-order valence-corrected chi connectivity index (χ1v) is 6.98. The lowest BCUT2D eigenvalue weighted by Crippen LogP contribution is -2.29. The van der Waals surface area contributed by atoms with E-state index in [2.05, 4.69) is 23.0 Å². The van der Waals surface area contributed by atoms with E-state index in [1.165, 1.54) is 18.7 Å². The van der Waals surface area contributed by atoms with Gasteiger partial charge in [0.15, 0.2) is 0 Å². The van der Waals surface area contributed by atoms with Gasteiger partial charge in [-0.15, -0.1) is 0 Å². The van der Waals surface area contributed by atoms with Gasteiger partial charge in [0.1, 0.15) is 17.1 Å². The zero-order valence-electron chi connectivity index (χ0n) is 11.6. The molecule has 1 aromatic heterocycles. The van der Waals surface area contributed by atoms with Gasteiger partial charge in [-0.1, -0.05) is 6.07 Å². The van der Waals surface area contributed by atoms with E-state index < -0.39 is 0 Å². The van der Waals surface area contributed by atoms with E-state index in [-0.39, 0.29) is 0 Å². The molecule has 1 aliphatic rings. The van der Waals surface area contributed by atoms with Crippen molar-refractivity contribution in [2.75, 3.05) is 20.2 Å². The summed E-state index contributed by atoms with van der Waals surface area (Å²) in [6.45, 7) is 2.27. The molecule has 1 fully saturated rings. The molecule has 19 heavy (non-hydrogen) atoms. The molecule has 1 aromatic carbocycles. The molecule has 1 N–H and O–H groups in total. The van der Waals surface area contributed by atoms with Crippen LogP contribution in [-0.4, -0.2) is 29.8 Å². The molecule has 0 bridgehead atoms. The van der Waals surface area contributed by atoms with Crippen LogP contribution in [-0.2, 0) is 13.5 Å². The van der Waals surface area contributed by atoms with Crippen molar-refractivity contribution in [3.63, 3.8) is 0 Å². The van der Waals surface area contributed by atoms with Crippen LogP contribution in [0.25, 0.3) is 11.0 Å². The number of fused-ring (bicyclic) bond motifs is 1. The summed E-state index contributed by atoms with van der Waals surface area (Å²) in [4.78, 5) is 4.79. The van der Waals surface area contributed by atoms with Crippen LogP contribution in [0.3, 0.4) is 0 Å². The highest BCUT2D eigenvalue weighted by atomic mass is 16.5. The second-order valence-electron chi connectivity index (χ2n) is 5.31. The molecule has 0 radical (unpaired) electrons. The largest absolute Gasteiger partial charge is 0.494 e. The maximum absolute atomic E-state index is 5.40. The third-order valence-corrected chi connectivity index (χ3v) is 4.12. The number of rotatable bonds is 3. The van der Waals surface area contributed by atoms with Crippen LogP contribution in [0, 0.1) is 5.92 Å². The summed E-state index contributed by atoms with van der Waals surface area (Å²) in [6.07, 6.45) is 3.57. The molecule has 1 saturated heterocycles. The summed E-state index contributed by atoms with van der Waals surface area (Å²) in [5, 5.41) is 3.41. The number of para-hydroxylation sites is 1. The normalized spacial score (nSPS) is 16.9. The number of hydrogen-bond donors (Lipinski definition) is 1. The molecular weight excluding hydrogens is 238 g/mol. The minimum atomic E-state index is 0.753. The maximum atomic E-state index is 5.40. The van der Waals surface area contributed by atoms with Crippen molar-refractivity contribution in [2.45, 2.75) is 19.3 Å². The number of methoxy groups -OCH3 is 1. The molecule has 0 saturated carbocycles. The van der Waals surface area contributed by atoms with Crippen LogP contribution in [0.2, 0.25) is 0 Å². The number of hydrogen-bond acceptors (Lipinski definition) is 3.